The molecule has 0 saturated heterocycles. The van der Waals surface area contributed by atoms with Crippen molar-refractivity contribution in [3.05, 3.63) is 35.9 Å². The smallest absolute Gasteiger partial charge is 0.190 e. The summed E-state index contributed by atoms with van der Waals surface area (Å²) in [5.74, 6) is 1.31. The average molecular weight is 277 g/mol. The monoisotopic (exact) mass is 277 g/mol. The van der Waals surface area contributed by atoms with Crippen LogP contribution >= 0.6 is 0 Å². The first-order chi connectivity index (χ1) is 9.76. The zero-order valence-corrected chi connectivity index (χ0v) is 12.9. The fourth-order valence-electron chi connectivity index (χ4n) is 1.75. The van der Waals surface area contributed by atoms with Gasteiger partial charge in [-0.3, -0.25) is 4.99 Å². The summed E-state index contributed by atoms with van der Waals surface area (Å²) in [5, 5.41) is 6.57. The van der Waals surface area contributed by atoms with E-state index in [1.807, 2.05) is 18.2 Å². The fourth-order valence-corrected chi connectivity index (χ4v) is 1.75. The minimum Gasteiger partial charge on any atom is -0.376 e. The average Bonchev–Trinajstić information content (AvgIpc) is 2.48. The molecule has 0 aromatic heterocycles. The SMILES string of the molecule is CCCNC(=NC)NCC(C)COCc1ccccc1. The molecule has 0 saturated carbocycles. The van der Waals surface area contributed by atoms with E-state index >= 15 is 0 Å². The Bertz CT molecular complexity index is 379. The molecule has 2 N–H and O–H groups in total. The van der Waals surface area contributed by atoms with Crippen LogP contribution < -0.4 is 10.6 Å². The molecule has 4 nitrogen and oxygen atoms in total. The van der Waals surface area contributed by atoms with Crippen molar-refractivity contribution in [1.82, 2.24) is 10.6 Å². The van der Waals surface area contributed by atoms with Crippen molar-refractivity contribution in [2.75, 3.05) is 26.7 Å². The van der Waals surface area contributed by atoms with Crippen LogP contribution in [0.25, 0.3) is 0 Å². The van der Waals surface area contributed by atoms with Gasteiger partial charge in [0.2, 0.25) is 0 Å². The van der Waals surface area contributed by atoms with E-state index in [0.717, 1.165) is 32.1 Å². The van der Waals surface area contributed by atoms with E-state index < -0.39 is 0 Å². The van der Waals surface area contributed by atoms with Gasteiger partial charge in [-0.05, 0) is 17.9 Å². The molecule has 0 heterocycles. The quantitative estimate of drug-likeness (QED) is 0.566. The summed E-state index contributed by atoms with van der Waals surface area (Å²) in [6.07, 6.45) is 1.09. The van der Waals surface area contributed by atoms with Gasteiger partial charge >= 0.3 is 0 Å². The second-order valence-corrected chi connectivity index (χ2v) is 4.99. The molecule has 0 spiro atoms. The highest BCUT2D eigenvalue weighted by Crippen LogP contribution is 2.02. The number of ether oxygens (including phenoxy) is 1. The Morgan fingerprint density at radius 2 is 2.00 bits per heavy atom. The van der Waals surface area contributed by atoms with Crippen LogP contribution in [0.15, 0.2) is 35.3 Å². The third kappa shape index (κ3) is 7.14. The molecule has 1 unspecified atom stereocenters. The van der Waals surface area contributed by atoms with Crippen molar-refractivity contribution >= 4 is 5.96 Å². The normalized spacial score (nSPS) is 13.1. The number of hydrogen-bond acceptors (Lipinski definition) is 2. The highest BCUT2D eigenvalue weighted by atomic mass is 16.5. The Morgan fingerprint density at radius 1 is 1.25 bits per heavy atom. The van der Waals surface area contributed by atoms with Gasteiger partial charge in [-0.2, -0.15) is 0 Å². The van der Waals surface area contributed by atoms with Gasteiger partial charge < -0.3 is 15.4 Å². The van der Waals surface area contributed by atoms with Crippen LogP contribution in [0, 0.1) is 5.92 Å². The lowest BCUT2D eigenvalue weighted by Crippen LogP contribution is -2.40. The Labute approximate surface area is 122 Å². The molecule has 0 aliphatic carbocycles. The maximum atomic E-state index is 5.73. The fraction of sp³-hybridized carbons (Fsp3) is 0.562. The molecule has 0 fully saturated rings. The summed E-state index contributed by atoms with van der Waals surface area (Å²) in [6.45, 7) is 7.53. The van der Waals surface area contributed by atoms with Crippen molar-refractivity contribution in [3.8, 4) is 0 Å². The zero-order valence-electron chi connectivity index (χ0n) is 12.9. The van der Waals surface area contributed by atoms with Gasteiger partial charge in [0.25, 0.3) is 0 Å². The first-order valence-corrected chi connectivity index (χ1v) is 7.32. The number of hydrogen-bond donors (Lipinski definition) is 2. The summed E-state index contributed by atoms with van der Waals surface area (Å²) in [6, 6.07) is 10.3. The van der Waals surface area contributed by atoms with E-state index in [1.54, 1.807) is 7.05 Å². The van der Waals surface area contributed by atoms with E-state index in [4.69, 9.17) is 4.74 Å². The number of benzene rings is 1. The van der Waals surface area contributed by atoms with Crippen molar-refractivity contribution in [3.63, 3.8) is 0 Å². The van der Waals surface area contributed by atoms with Gasteiger partial charge in [0.05, 0.1) is 13.2 Å². The van der Waals surface area contributed by atoms with Gasteiger partial charge in [0.1, 0.15) is 0 Å². The summed E-state index contributed by atoms with van der Waals surface area (Å²) in [7, 11) is 1.79. The van der Waals surface area contributed by atoms with Crippen LogP contribution in [0.4, 0.5) is 0 Å². The Kier molecular flexibility index (Phi) is 8.47. The summed E-state index contributed by atoms with van der Waals surface area (Å²) < 4.78 is 5.73. The molecule has 0 aliphatic rings. The number of guanidine groups is 1. The topological polar surface area (TPSA) is 45.7 Å². The Balaban J connectivity index is 2.15. The minimum atomic E-state index is 0.443. The van der Waals surface area contributed by atoms with Crippen LogP contribution in [0.5, 0.6) is 0 Å². The number of rotatable bonds is 8. The third-order valence-corrected chi connectivity index (χ3v) is 2.90. The molecule has 1 aromatic carbocycles. The second kappa shape index (κ2) is 10.3. The standard InChI is InChI=1S/C16H27N3O/c1-4-10-18-16(17-3)19-11-14(2)12-20-13-15-8-6-5-7-9-15/h5-9,14H,4,10-13H2,1-3H3,(H2,17,18,19). The van der Waals surface area contributed by atoms with Crippen molar-refractivity contribution in [1.29, 1.82) is 0 Å². The maximum Gasteiger partial charge on any atom is 0.190 e. The van der Waals surface area contributed by atoms with Gasteiger partial charge in [-0.25, -0.2) is 0 Å². The summed E-state index contributed by atoms with van der Waals surface area (Å²) in [5.41, 5.74) is 1.22. The summed E-state index contributed by atoms with van der Waals surface area (Å²) >= 11 is 0. The van der Waals surface area contributed by atoms with Crippen LogP contribution in [0.3, 0.4) is 0 Å². The number of nitrogens with zero attached hydrogens (tertiary/aromatic N) is 1. The Hall–Kier alpha value is -1.55. The van der Waals surface area contributed by atoms with E-state index in [1.165, 1.54) is 5.56 Å². The molecular formula is C16H27N3O. The Morgan fingerprint density at radius 3 is 2.65 bits per heavy atom. The zero-order chi connectivity index (χ0) is 14.6. The van der Waals surface area contributed by atoms with E-state index in [-0.39, 0.29) is 0 Å². The molecule has 4 heteroatoms. The van der Waals surface area contributed by atoms with E-state index in [9.17, 15) is 0 Å². The van der Waals surface area contributed by atoms with Crippen molar-refractivity contribution in [2.45, 2.75) is 26.9 Å². The molecular weight excluding hydrogens is 250 g/mol. The predicted octanol–water partition coefficient (Wildman–Crippen LogP) is 2.41. The van der Waals surface area contributed by atoms with Crippen molar-refractivity contribution < 1.29 is 4.74 Å². The highest BCUT2D eigenvalue weighted by Gasteiger charge is 2.04. The predicted molar refractivity (Wildman–Crippen MR) is 84.9 cm³/mol. The minimum absolute atomic E-state index is 0.443. The lowest BCUT2D eigenvalue weighted by molar-refractivity contribution is 0.0931. The largest absolute Gasteiger partial charge is 0.376 e. The first kappa shape index (κ1) is 16.5. The molecule has 112 valence electrons. The molecule has 1 atom stereocenters. The van der Waals surface area contributed by atoms with Crippen molar-refractivity contribution in [2.24, 2.45) is 10.9 Å². The molecule has 1 rings (SSSR count). The number of aliphatic imine (C=N–C) groups is 1. The molecule has 1 aromatic rings. The molecule has 0 aliphatic heterocycles. The van der Waals surface area contributed by atoms with Crippen LogP contribution in [-0.2, 0) is 11.3 Å². The highest BCUT2D eigenvalue weighted by molar-refractivity contribution is 5.79. The lowest BCUT2D eigenvalue weighted by Gasteiger charge is -2.16. The number of nitrogens with one attached hydrogen (secondary N) is 2. The van der Waals surface area contributed by atoms with Crippen LogP contribution in [0.1, 0.15) is 25.8 Å². The summed E-state index contributed by atoms with van der Waals surface area (Å²) in [4.78, 5) is 4.18. The molecule has 0 amide bonds. The molecule has 20 heavy (non-hydrogen) atoms. The second-order valence-electron chi connectivity index (χ2n) is 4.99. The van der Waals surface area contributed by atoms with Gasteiger partial charge in [0.15, 0.2) is 5.96 Å². The van der Waals surface area contributed by atoms with Gasteiger partial charge in [-0.1, -0.05) is 44.2 Å². The van der Waals surface area contributed by atoms with E-state index in [2.05, 4.69) is 41.6 Å². The first-order valence-electron chi connectivity index (χ1n) is 7.32. The van der Waals surface area contributed by atoms with Gasteiger partial charge in [-0.15, -0.1) is 0 Å². The third-order valence-electron chi connectivity index (χ3n) is 2.90. The lowest BCUT2D eigenvalue weighted by atomic mass is 10.2. The molecule has 0 radical (unpaired) electrons. The van der Waals surface area contributed by atoms with Crippen LogP contribution in [0.2, 0.25) is 0 Å². The van der Waals surface area contributed by atoms with Gasteiger partial charge in [0, 0.05) is 20.1 Å². The van der Waals surface area contributed by atoms with E-state index in [0.29, 0.717) is 12.5 Å². The maximum absolute atomic E-state index is 5.73. The van der Waals surface area contributed by atoms with Crippen LogP contribution in [-0.4, -0.2) is 32.7 Å². The molecule has 0 bridgehead atoms.